The molecule has 0 saturated heterocycles. The van der Waals surface area contributed by atoms with E-state index in [1.165, 1.54) is 0 Å². The summed E-state index contributed by atoms with van der Waals surface area (Å²) in [4.78, 5) is 21.4. The van der Waals surface area contributed by atoms with E-state index in [1.807, 2.05) is 0 Å². The molecule has 0 aromatic heterocycles. The minimum Gasteiger partial charge on any atom is -0.507 e. The molecule has 1 aromatic carbocycles. The molecule has 2 N–H and O–H groups in total. The van der Waals surface area contributed by atoms with Crippen LogP contribution in [0.4, 0.5) is 8.78 Å². The topological polar surface area (TPSA) is 74.6 Å². The number of aliphatic carboxylic acids is 1. The van der Waals surface area contributed by atoms with E-state index in [0.29, 0.717) is 6.07 Å². The number of halogens is 2. The summed E-state index contributed by atoms with van der Waals surface area (Å²) in [5.41, 5.74) is -0.319. The molecule has 1 aromatic rings. The van der Waals surface area contributed by atoms with Crippen LogP contribution < -0.4 is 0 Å². The second kappa shape index (κ2) is 5.90. The van der Waals surface area contributed by atoms with Crippen LogP contribution in [0.15, 0.2) is 24.3 Å². The molecule has 0 radical (unpaired) electrons. The molecule has 0 aliphatic carbocycles. The van der Waals surface area contributed by atoms with Gasteiger partial charge in [-0.25, -0.2) is 8.78 Å². The second-order valence-corrected chi connectivity index (χ2v) is 3.51. The number of aliphatic hydroxyl groups is 1. The van der Waals surface area contributed by atoms with Gasteiger partial charge in [0.15, 0.2) is 5.78 Å². The normalized spacial score (nSPS) is 11.3. The summed E-state index contributed by atoms with van der Waals surface area (Å²) in [6.07, 6.45) is 0.0377. The van der Waals surface area contributed by atoms with E-state index >= 15 is 0 Å². The largest absolute Gasteiger partial charge is 0.507 e. The van der Waals surface area contributed by atoms with Crippen LogP contribution in [0.5, 0.6) is 0 Å². The lowest BCUT2D eigenvalue weighted by atomic mass is 10.1. The maximum absolute atomic E-state index is 13.2. The lowest BCUT2D eigenvalue weighted by molar-refractivity contribution is -0.138. The maximum Gasteiger partial charge on any atom is 0.303 e. The lowest BCUT2D eigenvalue weighted by Crippen LogP contribution is -2.02. The van der Waals surface area contributed by atoms with E-state index in [-0.39, 0.29) is 18.4 Å². The summed E-state index contributed by atoms with van der Waals surface area (Å²) in [6, 6.07) is 2.49. The van der Waals surface area contributed by atoms with Crippen molar-refractivity contribution in [3.05, 3.63) is 41.5 Å². The Bertz CT molecular complexity index is 509. The summed E-state index contributed by atoms with van der Waals surface area (Å²) in [6.45, 7) is 0. The summed E-state index contributed by atoms with van der Waals surface area (Å²) >= 11 is 0. The molecule has 0 spiro atoms. The van der Waals surface area contributed by atoms with Crippen molar-refractivity contribution in [1.29, 1.82) is 0 Å². The van der Waals surface area contributed by atoms with Crippen molar-refractivity contribution < 1.29 is 28.6 Å². The number of carbonyl (C=O) groups excluding carboxylic acids is 1. The third-order valence-corrected chi connectivity index (χ3v) is 2.09. The number of ketones is 1. The molecule has 18 heavy (non-hydrogen) atoms. The Balaban J connectivity index is 2.82. The Kier molecular flexibility index (Phi) is 4.53. The highest BCUT2D eigenvalue weighted by Gasteiger charge is 2.10. The van der Waals surface area contributed by atoms with Gasteiger partial charge < -0.3 is 10.2 Å². The number of hydrogen-bond donors (Lipinski definition) is 2. The summed E-state index contributed by atoms with van der Waals surface area (Å²) < 4.78 is 25.8. The van der Waals surface area contributed by atoms with Crippen LogP contribution in [-0.2, 0) is 9.59 Å². The molecule has 6 heteroatoms. The predicted octanol–water partition coefficient (Wildman–Crippen LogP) is 2.30. The maximum atomic E-state index is 13.2. The molecule has 0 fully saturated rings. The highest BCUT2D eigenvalue weighted by Crippen LogP contribution is 2.17. The van der Waals surface area contributed by atoms with E-state index in [1.54, 1.807) is 0 Å². The zero-order chi connectivity index (χ0) is 13.7. The van der Waals surface area contributed by atoms with Crippen molar-refractivity contribution in [2.45, 2.75) is 12.8 Å². The number of carboxylic acids is 1. The highest BCUT2D eigenvalue weighted by atomic mass is 19.1. The first kappa shape index (κ1) is 13.8. The van der Waals surface area contributed by atoms with Crippen molar-refractivity contribution in [2.75, 3.05) is 0 Å². The molecule has 0 aliphatic heterocycles. The number of allylic oxidation sites excluding steroid dienone is 1. The SMILES string of the molecule is O=C(O)CCC(=O)C=C(O)c1ccc(F)cc1F. The van der Waals surface area contributed by atoms with Crippen LogP contribution in [-0.4, -0.2) is 22.0 Å². The average Bonchev–Trinajstić information content (AvgIpc) is 2.26. The minimum absolute atomic E-state index is 0.303. The van der Waals surface area contributed by atoms with Gasteiger partial charge in [0.2, 0.25) is 0 Å². The molecule has 4 nitrogen and oxygen atoms in total. The summed E-state index contributed by atoms with van der Waals surface area (Å²) in [5.74, 6) is -4.28. The first-order valence-corrected chi connectivity index (χ1v) is 5.01. The number of aliphatic hydroxyl groups excluding tert-OH is 1. The first-order valence-electron chi connectivity index (χ1n) is 5.01. The molecular formula is C12H10F2O4. The fourth-order valence-corrected chi connectivity index (χ4v) is 1.23. The Morgan fingerprint density at radius 3 is 2.39 bits per heavy atom. The third kappa shape index (κ3) is 3.97. The van der Waals surface area contributed by atoms with Crippen molar-refractivity contribution in [2.24, 2.45) is 0 Å². The lowest BCUT2D eigenvalue weighted by Gasteiger charge is -2.02. The minimum atomic E-state index is -1.15. The Labute approximate surface area is 101 Å². The second-order valence-electron chi connectivity index (χ2n) is 3.51. The molecule has 0 amide bonds. The van der Waals surface area contributed by atoms with E-state index in [0.717, 1.165) is 18.2 Å². The highest BCUT2D eigenvalue weighted by molar-refractivity contribution is 5.96. The van der Waals surface area contributed by atoms with Crippen LogP contribution in [0.25, 0.3) is 5.76 Å². The van der Waals surface area contributed by atoms with Gasteiger partial charge in [-0.05, 0) is 12.1 Å². The van der Waals surface area contributed by atoms with E-state index in [4.69, 9.17) is 5.11 Å². The molecule has 0 aliphatic rings. The van der Waals surface area contributed by atoms with Gasteiger partial charge in [0, 0.05) is 18.6 Å². The summed E-state index contributed by atoms with van der Waals surface area (Å²) in [5, 5.41) is 17.8. The Hall–Kier alpha value is -2.24. The zero-order valence-corrected chi connectivity index (χ0v) is 9.19. The number of carboxylic acid groups (broad SMARTS) is 1. The van der Waals surface area contributed by atoms with Gasteiger partial charge in [-0.3, -0.25) is 9.59 Å². The van der Waals surface area contributed by atoms with Crippen LogP contribution in [0, 0.1) is 11.6 Å². The van der Waals surface area contributed by atoms with Gasteiger partial charge in [-0.2, -0.15) is 0 Å². The van der Waals surface area contributed by atoms with Crippen molar-refractivity contribution in [3.8, 4) is 0 Å². The molecule has 0 saturated carbocycles. The van der Waals surface area contributed by atoms with Gasteiger partial charge >= 0.3 is 5.97 Å². The molecule has 0 heterocycles. The summed E-state index contributed by atoms with van der Waals surface area (Å²) in [7, 11) is 0. The van der Waals surface area contributed by atoms with Crippen LogP contribution in [0.1, 0.15) is 18.4 Å². The average molecular weight is 256 g/mol. The van der Waals surface area contributed by atoms with Gasteiger partial charge in [-0.1, -0.05) is 0 Å². The fourth-order valence-electron chi connectivity index (χ4n) is 1.23. The number of benzene rings is 1. The predicted molar refractivity (Wildman–Crippen MR) is 58.8 cm³/mol. The van der Waals surface area contributed by atoms with Crippen LogP contribution >= 0.6 is 0 Å². The molecule has 0 atom stereocenters. The molecule has 0 unspecified atom stereocenters. The van der Waals surface area contributed by atoms with Crippen molar-refractivity contribution in [1.82, 2.24) is 0 Å². The fraction of sp³-hybridized carbons (Fsp3) is 0.167. The monoisotopic (exact) mass is 256 g/mol. The molecular weight excluding hydrogens is 246 g/mol. The quantitative estimate of drug-likeness (QED) is 0.626. The van der Waals surface area contributed by atoms with Crippen molar-refractivity contribution in [3.63, 3.8) is 0 Å². The number of rotatable bonds is 5. The third-order valence-electron chi connectivity index (χ3n) is 2.09. The van der Waals surface area contributed by atoms with Gasteiger partial charge in [0.25, 0.3) is 0 Å². The molecule has 1 rings (SSSR count). The van der Waals surface area contributed by atoms with Gasteiger partial charge in [0.1, 0.15) is 17.4 Å². The van der Waals surface area contributed by atoms with E-state index in [2.05, 4.69) is 0 Å². The Morgan fingerprint density at radius 1 is 1.17 bits per heavy atom. The number of hydrogen-bond acceptors (Lipinski definition) is 3. The first-order chi connectivity index (χ1) is 8.40. The van der Waals surface area contributed by atoms with E-state index in [9.17, 15) is 23.5 Å². The molecule has 96 valence electrons. The standard InChI is InChI=1S/C12H10F2O4/c13-7-1-3-9(10(14)5-7)11(16)6-8(15)2-4-12(17)18/h1,3,5-6,16H,2,4H2,(H,17,18). The van der Waals surface area contributed by atoms with Crippen LogP contribution in [0.2, 0.25) is 0 Å². The zero-order valence-electron chi connectivity index (χ0n) is 9.19. The van der Waals surface area contributed by atoms with Crippen molar-refractivity contribution >= 4 is 17.5 Å². The van der Waals surface area contributed by atoms with Crippen LogP contribution in [0.3, 0.4) is 0 Å². The smallest absolute Gasteiger partial charge is 0.303 e. The number of carbonyl (C=O) groups is 2. The molecule has 0 bridgehead atoms. The van der Waals surface area contributed by atoms with Gasteiger partial charge in [0.05, 0.1) is 12.0 Å². The van der Waals surface area contributed by atoms with E-state index < -0.39 is 29.1 Å². The Morgan fingerprint density at radius 2 is 1.83 bits per heavy atom. The van der Waals surface area contributed by atoms with Gasteiger partial charge in [-0.15, -0.1) is 0 Å².